The van der Waals surface area contributed by atoms with Gasteiger partial charge in [-0.05, 0) is 50.3 Å². The fraction of sp³-hybridized carbons (Fsp3) is 0.440. The van der Waals surface area contributed by atoms with E-state index in [-0.39, 0.29) is 5.95 Å². The molecule has 4 N–H and O–H groups in total. The molecular formula is C25H32N8O2. The fourth-order valence-electron chi connectivity index (χ4n) is 4.53. The van der Waals surface area contributed by atoms with Crippen molar-refractivity contribution < 1.29 is 9.26 Å². The summed E-state index contributed by atoms with van der Waals surface area (Å²) in [6.45, 7) is 9.56. The molecule has 3 aromatic heterocycles. The van der Waals surface area contributed by atoms with Crippen LogP contribution in [-0.2, 0) is 24.4 Å². The van der Waals surface area contributed by atoms with Crippen molar-refractivity contribution >= 4 is 22.8 Å². The average molecular weight is 477 g/mol. The highest BCUT2D eigenvalue weighted by atomic mass is 16.5. The molecule has 1 fully saturated rings. The minimum Gasteiger partial charge on any atom is -0.381 e. The highest BCUT2D eigenvalue weighted by molar-refractivity contribution is 5.88. The monoisotopic (exact) mass is 476 g/mol. The van der Waals surface area contributed by atoms with E-state index in [4.69, 9.17) is 20.1 Å². The number of hydrogen-bond acceptors (Lipinski definition) is 9. The number of rotatable bonds is 8. The van der Waals surface area contributed by atoms with Gasteiger partial charge >= 0.3 is 0 Å². The number of nitrogens with one attached hydrogen (secondary N) is 2. The van der Waals surface area contributed by atoms with Crippen molar-refractivity contribution in [2.45, 2.75) is 59.3 Å². The van der Waals surface area contributed by atoms with Crippen LogP contribution in [0.4, 0.5) is 11.8 Å². The predicted molar refractivity (Wildman–Crippen MR) is 134 cm³/mol. The standard InChI is InChI=1S/C25H32N8O2/c1-15-10-18(12-27-20-6-8-34-9-7-20)4-5-19(15)14-33-23-22(17(3)31-33)29-25(26)30-24(23)28-13-21-11-16(2)35-32-21/h4-5,10-11,20,27H,6-9,12-14H2,1-3H3,(H3,26,28,29,30). The molecular weight excluding hydrogens is 444 g/mol. The number of aromatic nitrogens is 5. The van der Waals surface area contributed by atoms with Gasteiger partial charge in [0.25, 0.3) is 0 Å². The summed E-state index contributed by atoms with van der Waals surface area (Å²) in [5.74, 6) is 1.59. The van der Waals surface area contributed by atoms with E-state index in [0.717, 1.165) is 60.8 Å². The number of hydrogen-bond donors (Lipinski definition) is 3. The second kappa shape index (κ2) is 10.0. The normalized spacial score (nSPS) is 14.6. The molecule has 0 bridgehead atoms. The van der Waals surface area contributed by atoms with Crippen LogP contribution in [-0.4, -0.2) is 44.2 Å². The van der Waals surface area contributed by atoms with Crippen LogP contribution >= 0.6 is 0 Å². The molecule has 4 aromatic rings. The summed E-state index contributed by atoms with van der Waals surface area (Å²) in [7, 11) is 0. The molecule has 5 rings (SSSR count). The molecule has 1 aliphatic rings. The summed E-state index contributed by atoms with van der Waals surface area (Å²) in [6, 6.07) is 9.04. The van der Waals surface area contributed by atoms with Gasteiger partial charge in [0.2, 0.25) is 5.95 Å². The second-order valence-electron chi connectivity index (χ2n) is 9.18. The zero-order valence-electron chi connectivity index (χ0n) is 20.5. The molecule has 0 aliphatic carbocycles. The minimum absolute atomic E-state index is 0.205. The third kappa shape index (κ3) is 5.28. The quantitative estimate of drug-likeness (QED) is 0.351. The number of anilines is 2. The lowest BCUT2D eigenvalue weighted by Gasteiger charge is -2.23. The van der Waals surface area contributed by atoms with Crippen molar-refractivity contribution in [1.29, 1.82) is 0 Å². The number of nitrogens with zero attached hydrogens (tertiary/aromatic N) is 5. The first-order valence-electron chi connectivity index (χ1n) is 12.0. The van der Waals surface area contributed by atoms with E-state index in [1.807, 2.05) is 24.6 Å². The van der Waals surface area contributed by atoms with Gasteiger partial charge in [-0.2, -0.15) is 10.1 Å². The maximum absolute atomic E-state index is 6.01. The molecule has 1 aliphatic heterocycles. The molecule has 0 radical (unpaired) electrons. The Morgan fingerprint density at radius 1 is 1.09 bits per heavy atom. The lowest BCUT2D eigenvalue weighted by Crippen LogP contribution is -2.34. The Labute approximate surface area is 204 Å². The molecule has 1 saturated heterocycles. The molecule has 0 spiro atoms. The van der Waals surface area contributed by atoms with E-state index in [9.17, 15) is 0 Å². The summed E-state index contributed by atoms with van der Waals surface area (Å²) < 4.78 is 12.6. The zero-order valence-corrected chi connectivity index (χ0v) is 20.5. The highest BCUT2D eigenvalue weighted by Gasteiger charge is 2.18. The van der Waals surface area contributed by atoms with Crippen LogP contribution in [0.15, 0.2) is 28.8 Å². The number of benzene rings is 1. The first-order chi connectivity index (χ1) is 17.0. The molecule has 10 heteroatoms. The number of ether oxygens (including phenoxy) is 1. The fourth-order valence-corrected chi connectivity index (χ4v) is 4.53. The van der Waals surface area contributed by atoms with Gasteiger partial charge in [-0.1, -0.05) is 23.4 Å². The van der Waals surface area contributed by atoms with Gasteiger partial charge in [-0.25, -0.2) is 4.98 Å². The van der Waals surface area contributed by atoms with Crippen LogP contribution in [0.1, 0.15) is 46.7 Å². The smallest absolute Gasteiger partial charge is 0.222 e. The van der Waals surface area contributed by atoms with Gasteiger partial charge < -0.3 is 25.6 Å². The highest BCUT2D eigenvalue weighted by Crippen LogP contribution is 2.26. The molecule has 0 atom stereocenters. The first kappa shape index (κ1) is 23.3. The summed E-state index contributed by atoms with van der Waals surface area (Å²) in [4.78, 5) is 8.92. The van der Waals surface area contributed by atoms with Gasteiger partial charge in [0.15, 0.2) is 5.82 Å². The molecule has 184 valence electrons. The van der Waals surface area contributed by atoms with Crippen LogP contribution in [0.2, 0.25) is 0 Å². The van der Waals surface area contributed by atoms with Crippen molar-refractivity contribution in [1.82, 2.24) is 30.2 Å². The van der Waals surface area contributed by atoms with Crippen LogP contribution in [0.3, 0.4) is 0 Å². The lowest BCUT2D eigenvalue weighted by molar-refractivity contribution is 0.0776. The first-order valence-corrected chi connectivity index (χ1v) is 12.0. The van der Waals surface area contributed by atoms with Crippen LogP contribution in [0.25, 0.3) is 11.0 Å². The Bertz CT molecular complexity index is 1320. The summed E-state index contributed by atoms with van der Waals surface area (Å²) in [5.41, 5.74) is 12.9. The number of aryl methyl sites for hydroxylation is 3. The predicted octanol–water partition coefficient (Wildman–Crippen LogP) is 3.25. The van der Waals surface area contributed by atoms with Crippen LogP contribution < -0.4 is 16.4 Å². The summed E-state index contributed by atoms with van der Waals surface area (Å²) >= 11 is 0. The third-order valence-corrected chi connectivity index (χ3v) is 6.43. The second-order valence-corrected chi connectivity index (χ2v) is 9.18. The molecule has 0 saturated carbocycles. The largest absolute Gasteiger partial charge is 0.381 e. The Hall–Kier alpha value is -3.50. The van der Waals surface area contributed by atoms with Crippen molar-refractivity contribution in [3.05, 3.63) is 58.1 Å². The van der Waals surface area contributed by atoms with Gasteiger partial charge in [0.1, 0.15) is 22.5 Å². The van der Waals surface area contributed by atoms with Crippen molar-refractivity contribution in [2.75, 3.05) is 24.3 Å². The lowest BCUT2D eigenvalue weighted by atomic mass is 10.0. The molecule has 1 aromatic carbocycles. The average Bonchev–Trinajstić information content (AvgIpc) is 3.40. The van der Waals surface area contributed by atoms with Crippen molar-refractivity contribution in [3.8, 4) is 0 Å². The van der Waals surface area contributed by atoms with E-state index in [1.54, 1.807) is 0 Å². The summed E-state index contributed by atoms with van der Waals surface area (Å²) in [5, 5.41) is 15.8. The van der Waals surface area contributed by atoms with E-state index in [2.05, 4.69) is 50.9 Å². The van der Waals surface area contributed by atoms with Crippen molar-refractivity contribution in [2.24, 2.45) is 0 Å². The van der Waals surface area contributed by atoms with E-state index in [1.165, 1.54) is 16.7 Å². The molecule has 35 heavy (non-hydrogen) atoms. The number of nitrogen functional groups attached to an aromatic ring is 1. The topological polar surface area (TPSA) is 129 Å². The SMILES string of the molecule is Cc1cc(CNc2nc(N)nc3c(C)nn(Cc4ccc(CNC5CCOCC5)cc4C)c23)no1. The molecule has 0 unspecified atom stereocenters. The van der Waals surface area contributed by atoms with Gasteiger partial charge in [0, 0.05) is 31.9 Å². The zero-order chi connectivity index (χ0) is 24.4. The Kier molecular flexibility index (Phi) is 6.65. The van der Waals surface area contributed by atoms with Crippen LogP contribution in [0, 0.1) is 20.8 Å². The Morgan fingerprint density at radius 3 is 2.66 bits per heavy atom. The van der Waals surface area contributed by atoms with E-state index < -0.39 is 0 Å². The number of fused-ring (bicyclic) bond motifs is 1. The Morgan fingerprint density at radius 2 is 1.91 bits per heavy atom. The van der Waals surface area contributed by atoms with Crippen molar-refractivity contribution in [3.63, 3.8) is 0 Å². The molecule has 10 nitrogen and oxygen atoms in total. The number of nitrogens with two attached hydrogens (primary N) is 1. The van der Waals surface area contributed by atoms with E-state index >= 15 is 0 Å². The van der Waals surface area contributed by atoms with E-state index in [0.29, 0.717) is 24.9 Å². The molecule has 4 heterocycles. The van der Waals surface area contributed by atoms with Crippen LogP contribution in [0.5, 0.6) is 0 Å². The Balaban J connectivity index is 1.36. The maximum atomic E-state index is 6.01. The van der Waals surface area contributed by atoms with Gasteiger partial charge in [0.05, 0.1) is 18.8 Å². The van der Waals surface area contributed by atoms with Gasteiger partial charge in [-0.15, -0.1) is 0 Å². The van der Waals surface area contributed by atoms with Gasteiger partial charge in [-0.3, -0.25) is 4.68 Å². The molecule has 0 amide bonds. The summed E-state index contributed by atoms with van der Waals surface area (Å²) in [6.07, 6.45) is 2.14. The maximum Gasteiger partial charge on any atom is 0.222 e. The third-order valence-electron chi connectivity index (χ3n) is 6.43. The minimum atomic E-state index is 0.205.